The van der Waals surface area contributed by atoms with Crippen molar-refractivity contribution in [1.82, 2.24) is 19.3 Å². The van der Waals surface area contributed by atoms with Crippen molar-refractivity contribution >= 4 is 11.3 Å². The molecule has 0 saturated heterocycles. The number of benzene rings is 1. The molecule has 0 N–H and O–H groups in total. The molecule has 3 aromatic rings. The standard InChI is InChI=1S/C13H10F2N4OS/c1-18-7-16-19(13(18)20)5-11-17-10(6-21-11)12-8(14)3-2-4-9(12)15/h2-4,6-7H,5H2,1H3. The molecule has 0 aliphatic rings. The summed E-state index contributed by atoms with van der Waals surface area (Å²) in [6.45, 7) is 0.167. The van der Waals surface area contributed by atoms with Crippen LogP contribution in [0.3, 0.4) is 0 Å². The predicted molar refractivity (Wildman–Crippen MR) is 74.0 cm³/mol. The Labute approximate surface area is 122 Å². The number of aryl methyl sites for hydroxylation is 1. The van der Waals surface area contributed by atoms with Crippen molar-refractivity contribution in [2.24, 2.45) is 7.05 Å². The fourth-order valence-electron chi connectivity index (χ4n) is 1.90. The Kier molecular flexibility index (Phi) is 3.38. The van der Waals surface area contributed by atoms with Crippen molar-refractivity contribution in [3.8, 4) is 11.3 Å². The van der Waals surface area contributed by atoms with Crippen molar-refractivity contribution in [1.29, 1.82) is 0 Å². The third kappa shape index (κ3) is 2.49. The summed E-state index contributed by atoms with van der Waals surface area (Å²) in [4.78, 5) is 15.9. The SMILES string of the molecule is Cn1cnn(Cc2nc(-c3c(F)cccc3F)cs2)c1=O. The number of nitrogens with zero attached hydrogens (tertiary/aromatic N) is 4. The maximum absolute atomic E-state index is 13.7. The lowest BCUT2D eigenvalue weighted by atomic mass is 10.1. The first kappa shape index (κ1) is 13.6. The van der Waals surface area contributed by atoms with Crippen LogP contribution in [0.4, 0.5) is 8.78 Å². The van der Waals surface area contributed by atoms with E-state index in [0.29, 0.717) is 5.01 Å². The molecule has 0 saturated carbocycles. The van der Waals surface area contributed by atoms with Gasteiger partial charge in [-0.05, 0) is 12.1 Å². The third-order valence-electron chi connectivity index (χ3n) is 2.94. The van der Waals surface area contributed by atoms with Crippen molar-refractivity contribution in [3.05, 3.63) is 57.0 Å². The number of rotatable bonds is 3. The van der Waals surface area contributed by atoms with E-state index in [-0.39, 0.29) is 23.5 Å². The summed E-state index contributed by atoms with van der Waals surface area (Å²) < 4.78 is 30.0. The summed E-state index contributed by atoms with van der Waals surface area (Å²) in [6, 6.07) is 3.66. The van der Waals surface area contributed by atoms with Gasteiger partial charge in [0.2, 0.25) is 0 Å². The molecule has 8 heteroatoms. The molecule has 0 atom stereocenters. The molecule has 0 spiro atoms. The Bertz CT molecular complexity index is 832. The predicted octanol–water partition coefficient (Wildman–Crippen LogP) is 2.03. The topological polar surface area (TPSA) is 52.7 Å². The van der Waals surface area contributed by atoms with Gasteiger partial charge in [-0.1, -0.05) is 6.07 Å². The van der Waals surface area contributed by atoms with Crippen molar-refractivity contribution < 1.29 is 8.78 Å². The Hall–Kier alpha value is -2.35. The fraction of sp³-hybridized carbons (Fsp3) is 0.154. The molecule has 108 valence electrons. The van der Waals surface area contributed by atoms with Crippen LogP contribution in [0.15, 0.2) is 34.7 Å². The summed E-state index contributed by atoms with van der Waals surface area (Å²) in [6.07, 6.45) is 1.40. The number of halogens is 2. The van der Waals surface area contributed by atoms with Crippen LogP contribution in [-0.4, -0.2) is 19.3 Å². The molecule has 2 heterocycles. The average molecular weight is 308 g/mol. The van der Waals surface area contributed by atoms with Gasteiger partial charge in [0.15, 0.2) is 0 Å². The molecule has 5 nitrogen and oxygen atoms in total. The molecular weight excluding hydrogens is 298 g/mol. The Morgan fingerprint density at radius 1 is 1.29 bits per heavy atom. The van der Waals surface area contributed by atoms with Crippen LogP contribution in [-0.2, 0) is 13.6 Å². The van der Waals surface area contributed by atoms with E-state index < -0.39 is 11.6 Å². The van der Waals surface area contributed by atoms with Crippen LogP contribution in [0.25, 0.3) is 11.3 Å². The van der Waals surface area contributed by atoms with Gasteiger partial charge < -0.3 is 0 Å². The second-order valence-corrected chi connectivity index (χ2v) is 5.35. The highest BCUT2D eigenvalue weighted by Gasteiger charge is 2.15. The maximum atomic E-state index is 13.7. The van der Waals surface area contributed by atoms with Gasteiger partial charge in [-0.3, -0.25) is 4.57 Å². The van der Waals surface area contributed by atoms with Crippen LogP contribution < -0.4 is 5.69 Å². The monoisotopic (exact) mass is 308 g/mol. The summed E-state index contributed by atoms with van der Waals surface area (Å²) in [5.74, 6) is -1.33. The number of hydrogen-bond donors (Lipinski definition) is 0. The molecular formula is C13H10F2N4OS. The van der Waals surface area contributed by atoms with E-state index in [1.165, 1.54) is 45.1 Å². The maximum Gasteiger partial charge on any atom is 0.345 e. The zero-order valence-corrected chi connectivity index (χ0v) is 11.8. The molecule has 0 aliphatic heterocycles. The van der Waals surface area contributed by atoms with Crippen molar-refractivity contribution in [2.45, 2.75) is 6.54 Å². The molecule has 0 unspecified atom stereocenters. The molecule has 21 heavy (non-hydrogen) atoms. The lowest BCUT2D eigenvalue weighted by molar-refractivity contribution is 0.588. The average Bonchev–Trinajstić information content (AvgIpc) is 3.01. The number of thiazole rings is 1. The molecule has 0 bridgehead atoms. The molecule has 3 rings (SSSR count). The number of aromatic nitrogens is 4. The minimum atomic E-state index is -0.665. The highest BCUT2D eigenvalue weighted by Crippen LogP contribution is 2.27. The fourth-order valence-corrected chi connectivity index (χ4v) is 2.66. The van der Waals surface area contributed by atoms with Gasteiger partial charge in [0, 0.05) is 12.4 Å². The van der Waals surface area contributed by atoms with Gasteiger partial charge >= 0.3 is 5.69 Å². The second kappa shape index (κ2) is 5.21. The van der Waals surface area contributed by atoms with Gasteiger partial charge in [-0.25, -0.2) is 23.2 Å². The largest absolute Gasteiger partial charge is 0.345 e. The van der Waals surface area contributed by atoms with Crippen LogP contribution in [0.5, 0.6) is 0 Å². The van der Waals surface area contributed by atoms with E-state index in [0.717, 1.165) is 0 Å². The summed E-state index contributed by atoms with van der Waals surface area (Å²) in [5, 5.41) is 6.02. The first-order valence-corrected chi connectivity index (χ1v) is 6.91. The van der Waals surface area contributed by atoms with Gasteiger partial charge in [0.05, 0.1) is 17.8 Å². The molecule has 0 amide bonds. The Morgan fingerprint density at radius 2 is 2.00 bits per heavy atom. The van der Waals surface area contributed by atoms with E-state index >= 15 is 0 Å². The van der Waals surface area contributed by atoms with Crippen LogP contribution >= 0.6 is 11.3 Å². The van der Waals surface area contributed by atoms with Gasteiger partial charge in [0.25, 0.3) is 0 Å². The Balaban J connectivity index is 1.94. The number of hydrogen-bond acceptors (Lipinski definition) is 4. The zero-order chi connectivity index (χ0) is 15.0. The lowest BCUT2D eigenvalue weighted by Gasteiger charge is -2.00. The normalized spacial score (nSPS) is 11.0. The lowest BCUT2D eigenvalue weighted by Crippen LogP contribution is -2.23. The van der Waals surface area contributed by atoms with Crippen molar-refractivity contribution in [3.63, 3.8) is 0 Å². The molecule has 0 fully saturated rings. The second-order valence-electron chi connectivity index (χ2n) is 4.41. The van der Waals surface area contributed by atoms with Crippen LogP contribution in [0.1, 0.15) is 5.01 Å². The Morgan fingerprint density at radius 3 is 2.62 bits per heavy atom. The van der Waals surface area contributed by atoms with E-state index in [2.05, 4.69) is 10.1 Å². The first-order valence-electron chi connectivity index (χ1n) is 6.03. The third-order valence-corrected chi connectivity index (χ3v) is 3.78. The quantitative estimate of drug-likeness (QED) is 0.744. The minimum absolute atomic E-state index is 0.159. The summed E-state index contributed by atoms with van der Waals surface area (Å²) in [5.41, 5.74) is -0.216. The molecule has 0 aliphatic carbocycles. The molecule has 2 aromatic heterocycles. The van der Waals surface area contributed by atoms with Gasteiger partial charge in [0.1, 0.15) is 23.0 Å². The zero-order valence-electron chi connectivity index (χ0n) is 11.0. The van der Waals surface area contributed by atoms with Crippen LogP contribution in [0, 0.1) is 11.6 Å². The first-order chi connectivity index (χ1) is 10.1. The molecule has 0 radical (unpaired) electrons. The van der Waals surface area contributed by atoms with E-state index in [1.54, 1.807) is 12.4 Å². The van der Waals surface area contributed by atoms with Gasteiger partial charge in [-0.15, -0.1) is 11.3 Å². The van der Waals surface area contributed by atoms with E-state index in [9.17, 15) is 13.6 Å². The van der Waals surface area contributed by atoms with Crippen molar-refractivity contribution in [2.75, 3.05) is 0 Å². The minimum Gasteiger partial charge on any atom is -0.285 e. The smallest absolute Gasteiger partial charge is 0.285 e. The summed E-state index contributed by atoms with van der Waals surface area (Å²) in [7, 11) is 1.59. The van der Waals surface area contributed by atoms with Crippen LogP contribution in [0.2, 0.25) is 0 Å². The van der Waals surface area contributed by atoms with E-state index in [4.69, 9.17) is 0 Å². The molecule has 1 aromatic carbocycles. The highest BCUT2D eigenvalue weighted by molar-refractivity contribution is 7.09. The summed E-state index contributed by atoms with van der Waals surface area (Å²) >= 11 is 1.22. The van der Waals surface area contributed by atoms with E-state index in [1.807, 2.05) is 0 Å². The highest BCUT2D eigenvalue weighted by atomic mass is 32.1. The van der Waals surface area contributed by atoms with Gasteiger partial charge in [-0.2, -0.15) is 5.10 Å².